The Bertz CT molecular complexity index is 220. The monoisotopic (exact) mass is 240 g/mol. The highest BCUT2D eigenvalue weighted by Crippen LogP contribution is 2.38. The number of ether oxygens (including phenoxy) is 1. The Kier molecular flexibility index (Phi) is 4.83. The van der Waals surface area contributed by atoms with Crippen molar-refractivity contribution in [2.75, 3.05) is 33.4 Å². The predicted octanol–water partition coefficient (Wildman–Crippen LogP) is 1.73. The van der Waals surface area contributed by atoms with E-state index in [1.807, 2.05) is 7.11 Å². The molecule has 1 saturated carbocycles. The van der Waals surface area contributed by atoms with Crippen LogP contribution in [0.15, 0.2) is 0 Å². The van der Waals surface area contributed by atoms with Crippen LogP contribution in [0.25, 0.3) is 0 Å². The van der Waals surface area contributed by atoms with Crippen molar-refractivity contribution in [2.24, 2.45) is 11.8 Å². The Hall–Kier alpha value is -0.120. The van der Waals surface area contributed by atoms with Crippen LogP contribution in [-0.4, -0.2) is 50.3 Å². The lowest BCUT2D eigenvalue weighted by molar-refractivity contribution is 0.0980. The minimum Gasteiger partial charge on any atom is -0.383 e. The first-order valence-corrected chi connectivity index (χ1v) is 7.17. The van der Waals surface area contributed by atoms with Crippen molar-refractivity contribution in [3.63, 3.8) is 0 Å². The summed E-state index contributed by atoms with van der Waals surface area (Å²) in [6.45, 7) is 8.95. The van der Waals surface area contributed by atoms with E-state index in [-0.39, 0.29) is 0 Å². The second-order valence-corrected chi connectivity index (χ2v) is 6.08. The van der Waals surface area contributed by atoms with Crippen molar-refractivity contribution in [2.45, 2.75) is 45.2 Å². The van der Waals surface area contributed by atoms with Crippen molar-refractivity contribution >= 4 is 0 Å². The molecule has 0 aromatic carbocycles. The molecule has 3 atom stereocenters. The summed E-state index contributed by atoms with van der Waals surface area (Å²) in [6, 6.07) is 1.13. The van der Waals surface area contributed by atoms with Gasteiger partial charge in [-0.2, -0.15) is 0 Å². The van der Waals surface area contributed by atoms with Gasteiger partial charge in [0.25, 0.3) is 0 Å². The zero-order valence-corrected chi connectivity index (χ0v) is 11.6. The van der Waals surface area contributed by atoms with Crippen molar-refractivity contribution in [1.82, 2.24) is 10.2 Å². The first-order valence-electron chi connectivity index (χ1n) is 7.17. The van der Waals surface area contributed by atoms with Crippen molar-refractivity contribution in [1.29, 1.82) is 0 Å². The van der Waals surface area contributed by atoms with Gasteiger partial charge in [-0.15, -0.1) is 0 Å². The van der Waals surface area contributed by atoms with E-state index in [0.717, 1.165) is 25.0 Å². The summed E-state index contributed by atoms with van der Waals surface area (Å²) in [6.07, 6.45) is 4.37. The maximum absolute atomic E-state index is 5.39. The molecule has 1 saturated heterocycles. The van der Waals surface area contributed by atoms with Crippen molar-refractivity contribution < 1.29 is 4.74 Å². The van der Waals surface area contributed by atoms with E-state index in [9.17, 15) is 0 Å². The van der Waals surface area contributed by atoms with Gasteiger partial charge in [0.2, 0.25) is 0 Å². The molecule has 3 unspecified atom stereocenters. The van der Waals surface area contributed by atoms with Gasteiger partial charge in [-0.3, -0.25) is 4.90 Å². The molecular weight excluding hydrogens is 212 g/mol. The average molecular weight is 240 g/mol. The maximum Gasteiger partial charge on any atom is 0.0630 e. The normalized spacial score (nSPS) is 31.1. The van der Waals surface area contributed by atoms with Crippen LogP contribution >= 0.6 is 0 Å². The first-order chi connectivity index (χ1) is 8.20. The third kappa shape index (κ3) is 3.43. The van der Waals surface area contributed by atoms with Crippen LogP contribution in [0.4, 0.5) is 0 Å². The fraction of sp³-hybridized carbons (Fsp3) is 1.00. The number of hydrogen-bond donors (Lipinski definition) is 1. The quantitative estimate of drug-likeness (QED) is 0.765. The molecule has 2 fully saturated rings. The summed E-state index contributed by atoms with van der Waals surface area (Å²) in [5, 5.41) is 3.55. The van der Waals surface area contributed by atoms with Gasteiger partial charge >= 0.3 is 0 Å². The molecule has 2 aliphatic rings. The molecule has 0 bridgehead atoms. The molecule has 1 N–H and O–H groups in total. The Balaban J connectivity index is 1.83. The minimum absolute atomic E-state index is 0.563. The number of hydrogen-bond acceptors (Lipinski definition) is 3. The molecule has 0 amide bonds. The summed E-state index contributed by atoms with van der Waals surface area (Å²) in [5.74, 6) is 1.96. The van der Waals surface area contributed by atoms with E-state index >= 15 is 0 Å². The number of fused-ring (bicyclic) bond motifs is 1. The molecule has 0 aromatic heterocycles. The van der Waals surface area contributed by atoms with Gasteiger partial charge in [-0.25, -0.2) is 0 Å². The third-order valence-electron chi connectivity index (χ3n) is 4.39. The number of likely N-dealkylation sites (tertiary alicyclic amines) is 1. The van der Waals surface area contributed by atoms with E-state index in [1.165, 1.54) is 32.4 Å². The molecule has 100 valence electrons. The van der Waals surface area contributed by atoms with Gasteiger partial charge < -0.3 is 10.1 Å². The molecule has 1 aliphatic heterocycles. The molecular formula is C14H28N2O. The topological polar surface area (TPSA) is 24.5 Å². The number of nitrogens with zero attached hydrogens (tertiary/aromatic N) is 1. The number of rotatable bonds is 6. The summed E-state index contributed by atoms with van der Waals surface area (Å²) in [5.41, 5.74) is 0. The highest BCUT2D eigenvalue weighted by Gasteiger charge is 2.38. The fourth-order valence-electron chi connectivity index (χ4n) is 3.43. The lowest BCUT2D eigenvalue weighted by Gasteiger charge is -2.29. The molecule has 17 heavy (non-hydrogen) atoms. The highest BCUT2D eigenvalue weighted by molar-refractivity contribution is 4.91. The summed E-state index contributed by atoms with van der Waals surface area (Å²) < 4.78 is 5.39. The smallest absolute Gasteiger partial charge is 0.0630 e. The molecule has 3 nitrogen and oxygen atoms in total. The van der Waals surface area contributed by atoms with Gasteiger partial charge in [0, 0.05) is 38.8 Å². The lowest BCUT2D eigenvalue weighted by atomic mass is 10.0. The van der Waals surface area contributed by atoms with Crippen LogP contribution in [0.5, 0.6) is 0 Å². The highest BCUT2D eigenvalue weighted by atomic mass is 16.5. The lowest BCUT2D eigenvalue weighted by Crippen LogP contribution is -2.45. The third-order valence-corrected chi connectivity index (χ3v) is 4.39. The van der Waals surface area contributed by atoms with E-state index < -0.39 is 0 Å². The van der Waals surface area contributed by atoms with E-state index in [4.69, 9.17) is 4.74 Å². The molecule has 0 radical (unpaired) electrons. The zero-order chi connectivity index (χ0) is 12.3. The van der Waals surface area contributed by atoms with Gasteiger partial charge in [0.1, 0.15) is 0 Å². The molecule has 3 heteroatoms. The predicted molar refractivity (Wildman–Crippen MR) is 71.2 cm³/mol. The summed E-state index contributed by atoms with van der Waals surface area (Å²) >= 11 is 0. The molecule has 0 spiro atoms. The molecule has 2 rings (SSSR count). The van der Waals surface area contributed by atoms with Gasteiger partial charge in [-0.1, -0.05) is 20.3 Å². The first kappa shape index (κ1) is 13.3. The average Bonchev–Trinajstić information content (AvgIpc) is 2.83. The van der Waals surface area contributed by atoms with E-state index in [1.54, 1.807) is 0 Å². The van der Waals surface area contributed by atoms with Gasteiger partial charge in [0.15, 0.2) is 0 Å². The standard InChI is InChI=1S/C14H28N2O/c1-11(2)15-7-14(10-17-3)16-8-12-5-4-6-13(12)9-16/h11-15H,4-10H2,1-3H3. The maximum atomic E-state index is 5.39. The minimum atomic E-state index is 0.563. The van der Waals surface area contributed by atoms with E-state index in [2.05, 4.69) is 24.1 Å². The van der Waals surface area contributed by atoms with Crippen LogP contribution in [0.2, 0.25) is 0 Å². The second kappa shape index (κ2) is 6.17. The molecule has 1 aliphatic carbocycles. The van der Waals surface area contributed by atoms with Crippen LogP contribution in [0.3, 0.4) is 0 Å². The number of nitrogens with one attached hydrogen (secondary N) is 1. The Morgan fingerprint density at radius 1 is 1.24 bits per heavy atom. The SMILES string of the molecule is COCC(CNC(C)C)N1CC2CCCC2C1. The summed E-state index contributed by atoms with van der Waals surface area (Å²) in [4.78, 5) is 2.66. The van der Waals surface area contributed by atoms with Crippen LogP contribution in [-0.2, 0) is 4.74 Å². The zero-order valence-electron chi connectivity index (χ0n) is 11.6. The second-order valence-electron chi connectivity index (χ2n) is 6.08. The molecule has 1 heterocycles. The van der Waals surface area contributed by atoms with Crippen LogP contribution < -0.4 is 5.32 Å². The van der Waals surface area contributed by atoms with Crippen molar-refractivity contribution in [3.05, 3.63) is 0 Å². The van der Waals surface area contributed by atoms with Crippen LogP contribution in [0.1, 0.15) is 33.1 Å². The fourth-order valence-corrected chi connectivity index (χ4v) is 3.43. The Labute approximate surface area is 106 Å². The molecule has 0 aromatic rings. The van der Waals surface area contributed by atoms with Gasteiger partial charge in [0.05, 0.1) is 6.61 Å². The van der Waals surface area contributed by atoms with E-state index in [0.29, 0.717) is 12.1 Å². The Morgan fingerprint density at radius 2 is 1.88 bits per heavy atom. The van der Waals surface area contributed by atoms with Gasteiger partial charge in [-0.05, 0) is 24.7 Å². The summed E-state index contributed by atoms with van der Waals surface area (Å²) in [7, 11) is 1.82. The van der Waals surface area contributed by atoms with Crippen molar-refractivity contribution in [3.8, 4) is 0 Å². The van der Waals surface area contributed by atoms with Crippen LogP contribution in [0, 0.1) is 11.8 Å². The largest absolute Gasteiger partial charge is 0.383 e. The Morgan fingerprint density at radius 3 is 2.41 bits per heavy atom. The number of methoxy groups -OCH3 is 1.